The van der Waals surface area contributed by atoms with Crippen LogP contribution in [0.2, 0.25) is 18.3 Å². The van der Waals surface area contributed by atoms with E-state index in [4.69, 9.17) is 26.6 Å². The van der Waals surface area contributed by atoms with Gasteiger partial charge in [0.15, 0.2) is 0 Å². The summed E-state index contributed by atoms with van der Waals surface area (Å²) in [6.07, 6.45) is 12.0. The fraction of sp³-hybridized carbons (Fsp3) is 0.441. The average molecular weight is 666 g/mol. The Kier molecular flexibility index (Phi) is 13.2. The third kappa shape index (κ3) is 9.17. The molecule has 2 aromatic carbocycles. The number of aryl methyl sites for hydroxylation is 3. The summed E-state index contributed by atoms with van der Waals surface area (Å²) in [5.74, 6) is 0.706. The van der Waals surface area contributed by atoms with E-state index in [9.17, 15) is 0 Å². The van der Waals surface area contributed by atoms with Gasteiger partial charge in [-0.3, -0.25) is 0 Å². The van der Waals surface area contributed by atoms with Crippen LogP contribution in [0, 0.1) is 20.8 Å². The van der Waals surface area contributed by atoms with Gasteiger partial charge in [-0.2, -0.15) is 0 Å². The first-order chi connectivity index (χ1) is 19.3. The second-order valence-corrected chi connectivity index (χ2v) is 24.5. The number of benzene rings is 2. The fourth-order valence-corrected chi connectivity index (χ4v) is 20.6. The molecule has 0 unspecified atom stereocenters. The Bertz CT molecular complexity index is 1300. The van der Waals surface area contributed by atoms with Crippen molar-refractivity contribution in [3.63, 3.8) is 0 Å². The first-order valence-electron chi connectivity index (χ1n) is 15.0. The summed E-state index contributed by atoms with van der Waals surface area (Å²) in [6, 6.07) is 18.4. The molecule has 0 spiro atoms. The maximum absolute atomic E-state index is 6.24. The van der Waals surface area contributed by atoms with Gasteiger partial charge in [-0.05, 0) is 6.92 Å². The third-order valence-corrected chi connectivity index (χ3v) is 23.1. The van der Waals surface area contributed by atoms with Crippen LogP contribution in [-0.4, -0.2) is 37.9 Å². The molecule has 40 heavy (non-hydrogen) atoms. The van der Waals surface area contributed by atoms with Crippen LogP contribution in [0.4, 0.5) is 0 Å². The standard InChI is InChI=1S/C15H12ClN4.C7H8.3C4H9.Sn/c1-10-7-12(3-4-13(10)16)14-8-11(2)18-15(19-14)20-6-5-17-9-20;1-7-5-3-2-4-6-7;3*1-3-4-2;/h3-4,6-9H,1-2H3;2-6H,1H3;3*1,3-4H2,2H3;. The van der Waals surface area contributed by atoms with Gasteiger partial charge >= 0.3 is 210 Å². The van der Waals surface area contributed by atoms with Crippen molar-refractivity contribution in [3.05, 3.63) is 89.0 Å². The number of halogens is 1. The number of hydrogen-bond acceptors (Lipinski definition) is 3. The van der Waals surface area contributed by atoms with Crippen LogP contribution >= 0.6 is 11.6 Å². The van der Waals surface area contributed by atoms with Crippen LogP contribution in [0.5, 0.6) is 0 Å². The van der Waals surface area contributed by atoms with Crippen LogP contribution < -0.4 is 3.71 Å². The van der Waals surface area contributed by atoms with E-state index < -0.39 is 18.4 Å². The van der Waals surface area contributed by atoms with E-state index in [1.807, 2.05) is 56.6 Å². The van der Waals surface area contributed by atoms with Gasteiger partial charge in [-0.25, -0.2) is 0 Å². The molecule has 0 bridgehead atoms. The van der Waals surface area contributed by atoms with Crippen molar-refractivity contribution in [2.24, 2.45) is 0 Å². The number of imidazole rings is 1. The number of hydrogen-bond donors (Lipinski definition) is 0. The number of rotatable bonds is 12. The molecule has 0 aliphatic heterocycles. The molecule has 0 aliphatic rings. The van der Waals surface area contributed by atoms with E-state index in [0.29, 0.717) is 5.95 Å². The number of aromatic nitrogens is 4. The molecule has 0 radical (unpaired) electrons. The Morgan fingerprint density at radius 3 is 1.93 bits per heavy atom. The summed E-state index contributed by atoms with van der Waals surface area (Å²) in [4.78, 5) is 14.7. The Morgan fingerprint density at radius 2 is 1.40 bits per heavy atom. The molecule has 214 valence electrons. The van der Waals surface area contributed by atoms with Crippen LogP contribution in [-0.2, 0) is 0 Å². The van der Waals surface area contributed by atoms with E-state index in [1.54, 1.807) is 0 Å². The molecule has 0 aliphatic carbocycles. The molecule has 4 nitrogen and oxygen atoms in total. The van der Waals surface area contributed by atoms with E-state index in [1.165, 1.54) is 61.1 Å². The zero-order valence-electron chi connectivity index (χ0n) is 25.4. The third-order valence-electron chi connectivity index (χ3n) is 7.62. The number of nitrogens with zero attached hydrogens (tertiary/aromatic N) is 4. The monoisotopic (exact) mass is 666 g/mol. The van der Waals surface area contributed by atoms with Crippen LogP contribution in [0.25, 0.3) is 17.2 Å². The molecule has 4 aromatic rings. The molecule has 0 atom stereocenters. The minimum atomic E-state index is -2.58. The smallest absolute Gasteiger partial charge is 0.0398 e. The molecule has 0 amide bonds. The average Bonchev–Trinajstić information content (AvgIpc) is 3.46. The molecular weight excluding hydrogens is 619 g/mol. The molecular formula is C34H47ClN4Sn. The zero-order chi connectivity index (χ0) is 29.0. The fourth-order valence-electron chi connectivity index (χ4n) is 5.17. The maximum Gasteiger partial charge on any atom is -0.0398 e. The van der Waals surface area contributed by atoms with Gasteiger partial charge in [-0.1, -0.05) is 35.9 Å². The summed E-state index contributed by atoms with van der Waals surface area (Å²) in [5, 5.41) is 0.777. The Hall–Kier alpha value is -2.18. The van der Waals surface area contributed by atoms with Gasteiger partial charge < -0.3 is 0 Å². The van der Waals surface area contributed by atoms with Crippen molar-refractivity contribution in [2.45, 2.75) is 93.4 Å². The van der Waals surface area contributed by atoms with Crippen LogP contribution in [0.3, 0.4) is 0 Å². The van der Waals surface area contributed by atoms with Crippen molar-refractivity contribution in [1.82, 2.24) is 19.5 Å². The Morgan fingerprint density at radius 1 is 0.775 bits per heavy atom. The summed E-state index contributed by atoms with van der Waals surface area (Å²) in [5.41, 5.74) is 5.31. The molecule has 6 heteroatoms. The molecule has 4 rings (SSSR count). The molecule has 0 saturated carbocycles. The Balaban J connectivity index is 0.000000547. The summed E-state index contributed by atoms with van der Waals surface area (Å²) >= 11 is 3.67. The first-order valence-corrected chi connectivity index (χ1v) is 22.9. The predicted molar refractivity (Wildman–Crippen MR) is 175 cm³/mol. The van der Waals surface area contributed by atoms with Gasteiger partial charge in [0.2, 0.25) is 0 Å². The van der Waals surface area contributed by atoms with Gasteiger partial charge in [0.25, 0.3) is 0 Å². The van der Waals surface area contributed by atoms with Crippen molar-refractivity contribution in [3.8, 4) is 17.2 Å². The summed E-state index contributed by atoms with van der Waals surface area (Å²) < 4.78 is 7.70. The van der Waals surface area contributed by atoms with E-state index in [0.717, 1.165) is 27.5 Å². The van der Waals surface area contributed by atoms with Gasteiger partial charge in [0.05, 0.1) is 0 Å². The van der Waals surface area contributed by atoms with Crippen LogP contribution in [0.15, 0.2) is 67.1 Å². The van der Waals surface area contributed by atoms with Crippen molar-refractivity contribution in [2.75, 3.05) is 0 Å². The minimum absolute atomic E-state index is 0.706. The maximum atomic E-state index is 6.24. The van der Waals surface area contributed by atoms with Gasteiger partial charge in [0.1, 0.15) is 0 Å². The van der Waals surface area contributed by atoms with Crippen molar-refractivity contribution >= 4 is 33.7 Å². The molecule has 2 aromatic heterocycles. The largest absolute Gasteiger partial charge is 0.0622 e. The van der Waals surface area contributed by atoms with E-state index >= 15 is 0 Å². The first kappa shape index (κ1) is 32.3. The summed E-state index contributed by atoms with van der Waals surface area (Å²) in [7, 11) is 0. The van der Waals surface area contributed by atoms with Gasteiger partial charge in [0, 0.05) is 0 Å². The van der Waals surface area contributed by atoms with E-state index in [2.05, 4.69) is 56.7 Å². The quantitative estimate of drug-likeness (QED) is 0.142. The van der Waals surface area contributed by atoms with Gasteiger partial charge in [-0.15, -0.1) is 0 Å². The zero-order valence-corrected chi connectivity index (χ0v) is 29.0. The SMILES string of the molecule is CCC[CH2][Sn]([CH2]CCC)([CH2]CCC)[c]1cn(-c2nc(C)cc(-c3ccc(Cl)c(C)c3)n2)cn1.Cc1ccccc1. The molecule has 0 saturated heterocycles. The molecule has 0 N–H and O–H groups in total. The second kappa shape index (κ2) is 16.3. The second-order valence-electron chi connectivity index (χ2n) is 11.1. The topological polar surface area (TPSA) is 43.6 Å². The number of unbranched alkanes of at least 4 members (excludes halogenated alkanes) is 3. The minimum Gasteiger partial charge on any atom is -0.0622 e. The normalized spacial score (nSPS) is 11.3. The molecule has 0 fully saturated rings. The summed E-state index contributed by atoms with van der Waals surface area (Å²) in [6.45, 7) is 13.1. The predicted octanol–water partition coefficient (Wildman–Crippen LogP) is 9.65. The molecule has 2 heterocycles. The Labute approximate surface area is 251 Å². The van der Waals surface area contributed by atoms with Crippen molar-refractivity contribution < 1.29 is 0 Å². The van der Waals surface area contributed by atoms with E-state index in [-0.39, 0.29) is 0 Å². The van der Waals surface area contributed by atoms with Crippen molar-refractivity contribution in [1.29, 1.82) is 0 Å². The van der Waals surface area contributed by atoms with Crippen LogP contribution in [0.1, 0.15) is 76.1 Å².